The summed E-state index contributed by atoms with van der Waals surface area (Å²) in [7, 11) is 3.13. The van der Waals surface area contributed by atoms with E-state index >= 15 is 0 Å². The van der Waals surface area contributed by atoms with Gasteiger partial charge in [-0.15, -0.1) is 0 Å². The summed E-state index contributed by atoms with van der Waals surface area (Å²) in [5, 5.41) is 4.69. The lowest BCUT2D eigenvalue weighted by Crippen LogP contribution is -2.30. The zero-order chi connectivity index (χ0) is 25.5. The molecule has 0 aromatic heterocycles. The second kappa shape index (κ2) is 11.6. The summed E-state index contributed by atoms with van der Waals surface area (Å²) in [4.78, 5) is 26.6. The molecule has 2 amide bonds. The van der Waals surface area contributed by atoms with Crippen molar-refractivity contribution in [3.63, 3.8) is 0 Å². The fraction of sp³-hybridized carbons (Fsp3) is 0.222. The van der Waals surface area contributed by atoms with Crippen LogP contribution in [0.2, 0.25) is 5.02 Å². The lowest BCUT2D eigenvalue weighted by molar-refractivity contribution is -0.126. The summed E-state index contributed by atoms with van der Waals surface area (Å²) >= 11 is 6.19. The second-order valence-corrected chi connectivity index (χ2v) is 8.54. The minimum absolute atomic E-state index is 0.110. The SMILES string of the molecule is COc1ccc(N2C[C@H](C(=O)N/N=C/c3ccc(OCc4ccccc4Cl)c(OC)c3)CC2=O)cc1. The number of anilines is 1. The molecule has 186 valence electrons. The minimum Gasteiger partial charge on any atom is -0.497 e. The van der Waals surface area contributed by atoms with Gasteiger partial charge < -0.3 is 19.1 Å². The first kappa shape index (κ1) is 25.1. The number of rotatable bonds is 9. The van der Waals surface area contributed by atoms with E-state index in [9.17, 15) is 9.59 Å². The molecule has 0 radical (unpaired) electrons. The summed E-state index contributed by atoms with van der Waals surface area (Å²) in [6, 6.07) is 19.9. The van der Waals surface area contributed by atoms with Crippen LogP contribution in [0.4, 0.5) is 5.69 Å². The van der Waals surface area contributed by atoms with Crippen molar-refractivity contribution in [1.82, 2.24) is 5.43 Å². The minimum atomic E-state index is -0.494. The largest absolute Gasteiger partial charge is 0.497 e. The molecule has 0 unspecified atom stereocenters. The molecule has 1 aliphatic heterocycles. The van der Waals surface area contributed by atoms with Crippen LogP contribution in [0.1, 0.15) is 17.5 Å². The molecule has 0 spiro atoms. The maximum Gasteiger partial charge on any atom is 0.245 e. The maximum atomic E-state index is 12.6. The Bertz CT molecular complexity index is 1260. The third kappa shape index (κ3) is 5.95. The molecule has 1 fully saturated rings. The molecule has 1 saturated heterocycles. The van der Waals surface area contributed by atoms with Gasteiger partial charge in [-0.1, -0.05) is 29.8 Å². The molecule has 36 heavy (non-hydrogen) atoms. The highest BCUT2D eigenvalue weighted by molar-refractivity contribution is 6.31. The van der Waals surface area contributed by atoms with Crippen LogP contribution >= 0.6 is 11.6 Å². The number of halogens is 1. The summed E-state index contributed by atoms with van der Waals surface area (Å²) in [5.41, 5.74) is 4.83. The summed E-state index contributed by atoms with van der Waals surface area (Å²) in [6.07, 6.45) is 1.63. The number of carbonyl (C=O) groups excluding carboxylic acids is 2. The van der Waals surface area contributed by atoms with Gasteiger partial charge in [0.25, 0.3) is 0 Å². The molecule has 1 atom stereocenters. The van der Waals surface area contributed by atoms with Crippen molar-refractivity contribution < 1.29 is 23.8 Å². The van der Waals surface area contributed by atoms with Gasteiger partial charge in [0, 0.05) is 29.2 Å². The average molecular weight is 508 g/mol. The number of hydrazone groups is 1. The van der Waals surface area contributed by atoms with Gasteiger partial charge in [0.2, 0.25) is 11.8 Å². The fourth-order valence-corrected chi connectivity index (χ4v) is 4.00. The van der Waals surface area contributed by atoms with E-state index < -0.39 is 5.92 Å². The predicted octanol–water partition coefficient (Wildman–Crippen LogP) is 4.44. The lowest BCUT2D eigenvalue weighted by Gasteiger charge is -2.16. The van der Waals surface area contributed by atoms with Gasteiger partial charge in [-0.3, -0.25) is 9.59 Å². The lowest BCUT2D eigenvalue weighted by atomic mass is 10.1. The van der Waals surface area contributed by atoms with Crippen molar-refractivity contribution in [2.45, 2.75) is 13.0 Å². The number of ether oxygens (including phenoxy) is 3. The van der Waals surface area contributed by atoms with Crippen LogP contribution in [-0.4, -0.2) is 38.8 Å². The van der Waals surface area contributed by atoms with Gasteiger partial charge >= 0.3 is 0 Å². The third-order valence-corrected chi connectivity index (χ3v) is 6.17. The van der Waals surface area contributed by atoms with Crippen LogP contribution in [0.5, 0.6) is 17.2 Å². The van der Waals surface area contributed by atoms with E-state index in [1.54, 1.807) is 61.6 Å². The van der Waals surface area contributed by atoms with Crippen LogP contribution in [0, 0.1) is 5.92 Å². The molecule has 1 heterocycles. The Morgan fingerprint density at radius 3 is 2.58 bits per heavy atom. The Kier molecular flexibility index (Phi) is 8.07. The number of nitrogens with one attached hydrogen (secondary N) is 1. The smallest absolute Gasteiger partial charge is 0.245 e. The van der Waals surface area contributed by atoms with Crippen LogP contribution in [0.3, 0.4) is 0 Å². The number of amides is 2. The normalized spacial score (nSPS) is 15.2. The Morgan fingerprint density at radius 2 is 1.86 bits per heavy atom. The number of benzene rings is 3. The first-order valence-corrected chi connectivity index (χ1v) is 11.7. The number of methoxy groups -OCH3 is 2. The number of nitrogens with zero attached hydrogens (tertiary/aromatic N) is 2. The van der Waals surface area contributed by atoms with Crippen LogP contribution in [0.15, 0.2) is 71.8 Å². The molecule has 0 bridgehead atoms. The summed E-state index contributed by atoms with van der Waals surface area (Å²) < 4.78 is 16.4. The average Bonchev–Trinajstić information content (AvgIpc) is 3.30. The molecule has 1 aliphatic rings. The van der Waals surface area contributed by atoms with E-state index in [1.165, 1.54) is 6.21 Å². The highest BCUT2D eigenvalue weighted by Gasteiger charge is 2.35. The number of hydrogen-bond donors (Lipinski definition) is 1. The Labute approximate surface area is 214 Å². The van der Waals surface area contributed by atoms with E-state index in [0.717, 1.165) is 11.3 Å². The molecule has 3 aromatic rings. The molecule has 9 heteroatoms. The molecular formula is C27H26ClN3O5. The van der Waals surface area contributed by atoms with E-state index in [1.807, 2.05) is 24.3 Å². The van der Waals surface area contributed by atoms with Crippen molar-refractivity contribution in [2.75, 3.05) is 25.7 Å². The highest BCUT2D eigenvalue weighted by atomic mass is 35.5. The van der Waals surface area contributed by atoms with Crippen molar-refractivity contribution in [1.29, 1.82) is 0 Å². The zero-order valence-electron chi connectivity index (χ0n) is 19.9. The van der Waals surface area contributed by atoms with Crippen molar-refractivity contribution >= 4 is 35.3 Å². The van der Waals surface area contributed by atoms with Crippen molar-refractivity contribution in [3.05, 3.63) is 82.9 Å². The number of carbonyl (C=O) groups is 2. The molecule has 0 saturated carbocycles. The first-order valence-electron chi connectivity index (χ1n) is 11.3. The third-order valence-electron chi connectivity index (χ3n) is 5.80. The topological polar surface area (TPSA) is 89.5 Å². The Morgan fingerprint density at radius 1 is 1.08 bits per heavy atom. The van der Waals surface area contributed by atoms with Gasteiger partial charge in [-0.2, -0.15) is 5.10 Å². The first-order chi connectivity index (χ1) is 17.5. The summed E-state index contributed by atoms with van der Waals surface area (Å²) in [6.45, 7) is 0.588. The maximum absolute atomic E-state index is 12.6. The van der Waals surface area contributed by atoms with Gasteiger partial charge in [-0.05, 0) is 54.1 Å². The van der Waals surface area contributed by atoms with E-state index in [0.29, 0.717) is 34.4 Å². The zero-order valence-corrected chi connectivity index (χ0v) is 20.7. The van der Waals surface area contributed by atoms with E-state index in [2.05, 4.69) is 10.5 Å². The Hall–Kier alpha value is -4.04. The standard InChI is InChI=1S/C27H26ClN3O5/c1-34-22-10-8-21(9-11-22)31-16-20(14-26(31)32)27(33)30-29-15-18-7-12-24(25(13-18)35-2)36-17-19-5-3-4-6-23(19)28/h3-13,15,20H,14,16-17H2,1-2H3,(H,30,33)/b29-15+/t20-/m1/s1. The predicted molar refractivity (Wildman–Crippen MR) is 138 cm³/mol. The molecular weight excluding hydrogens is 482 g/mol. The van der Waals surface area contributed by atoms with Gasteiger partial charge in [-0.25, -0.2) is 5.43 Å². The summed E-state index contributed by atoms with van der Waals surface area (Å²) in [5.74, 6) is 0.858. The molecule has 8 nitrogen and oxygen atoms in total. The molecule has 4 rings (SSSR count). The quantitative estimate of drug-likeness (QED) is 0.341. The fourth-order valence-electron chi connectivity index (χ4n) is 3.81. The van der Waals surface area contributed by atoms with Gasteiger partial charge in [0.15, 0.2) is 11.5 Å². The van der Waals surface area contributed by atoms with Crippen LogP contribution < -0.4 is 24.5 Å². The monoisotopic (exact) mass is 507 g/mol. The van der Waals surface area contributed by atoms with Crippen LogP contribution in [0.25, 0.3) is 0 Å². The van der Waals surface area contributed by atoms with Crippen molar-refractivity contribution in [3.8, 4) is 17.2 Å². The molecule has 1 N–H and O–H groups in total. The van der Waals surface area contributed by atoms with Crippen molar-refractivity contribution in [2.24, 2.45) is 11.0 Å². The van der Waals surface area contributed by atoms with Crippen LogP contribution in [-0.2, 0) is 16.2 Å². The van der Waals surface area contributed by atoms with Gasteiger partial charge in [0.05, 0.1) is 26.4 Å². The van der Waals surface area contributed by atoms with E-state index in [-0.39, 0.29) is 24.8 Å². The van der Waals surface area contributed by atoms with Gasteiger partial charge in [0.1, 0.15) is 12.4 Å². The van der Waals surface area contributed by atoms with E-state index in [4.69, 9.17) is 25.8 Å². The second-order valence-electron chi connectivity index (χ2n) is 8.13. The molecule has 0 aliphatic carbocycles. The highest BCUT2D eigenvalue weighted by Crippen LogP contribution is 2.29. The Balaban J connectivity index is 1.33. The number of hydrogen-bond acceptors (Lipinski definition) is 6. The molecule has 3 aromatic carbocycles.